The summed E-state index contributed by atoms with van der Waals surface area (Å²) < 4.78 is 0. The van der Waals surface area contributed by atoms with Crippen molar-refractivity contribution >= 4 is 23.6 Å². The van der Waals surface area contributed by atoms with Crippen LogP contribution in [0.2, 0.25) is 0 Å². The van der Waals surface area contributed by atoms with Crippen LogP contribution in [0.1, 0.15) is 20.3 Å². The van der Waals surface area contributed by atoms with Gasteiger partial charge in [0.1, 0.15) is 6.04 Å². The molecule has 1 amide bonds. The first-order valence-electron chi connectivity index (χ1n) is 5.35. The van der Waals surface area contributed by atoms with Gasteiger partial charge in [0, 0.05) is 11.6 Å². The molecular formula is C10H18N2O3S. The second kappa shape index (κ2) is 6.10. The van der Waals surface area contributed by atoms with Crippen LogP contribution in [-0.4, -0.2) is 40.7 Å². The molecule has 92 valence electrons. The molecule has 0 aromatic carbocycles. The van der Waals surface area contributed by atoms with Crippen LogP contribution < -0.4 is 10.6 Å². The molecule has 0 radical (unpaired) electrons. The summed E-state index contributed by atoms with van der Waals surface area (Å²) in [6, 6.07) is -1.03. The lowest BCUT2D eigenvalue weighted by Crippen LogP contribution is -2.49. The predicted molar refractivity (Wildman–Crippen MR) is 63.3 cm³/mol. The van der Waals surface area contributed by atoms with Crippen LogP contribution in [0.15, 0.2) is 0 Å². The van der Waals surface area contributed by atoms with Crippen LogP contribution >= 0.6 is 11.8 Å². The van der Waals surface area contributed by atoms with Crippen molar-refractivity contribution in [3.63, 3.8) is 0 Å². The summed E-state index contributed by atoms with van der Waals surface area (Å²) in [5, 5.41) is 14.6. The Bertz CT molecular complexity index is 265. The van der Waals surface area contributed by atoms with Gasteiger partial charge in [0.25, 0.3) is 0 Å². The van der Waals surface area contributed by atoms with E-state index in [9.17, 15) is 9.59 Å². The molecule has 0 saturated carbocycles. The van der Waals surface area contributed by atoms with E-state index in [1.807, 2.05) is 13.8 Å². The topological polar surface area (TPSA) is 78.4 Å². The van der Waals surface area contributed by atoms with Crippen LogP contribution in [0.3, 0.4) is 0 Å². The number of carboxylic acid groups (broad SMARTS) is 1. The molecule has 0 bridgehead atoms. The standard InChI is InChI=1S/C10H18N2O3S/c1-6(2)3-7(10(14)15)12-9(13)8-4-16-5-11-8/h6-8,11H,3-5H2,1-2H3,(H,12,13)(H,14,15). The summed E-state index contributed by atoms with van der Waals surface area (Å²) in [5.74, 6) is 0.526. The van der Waals surface area contributed by atoms with E-state index in [0.29, 0.717) is 12.2 Å². The molecular weight excluding hydrogens is 228 g/mol. The monoisotopic (exact) mass is 246 g/mol. The summed E-state index contributed by atoms with van der Waals surface area (Å²) in [6.45, 7) is 3.87. The van der Waals surface area contributed by atoms with E-state index in [2.05, 4.69) is 10.6 Å². The van der Waals surface area contributed by atoms with E-state index in [0.717, 1.165) is 5.88 Å². The Balaban J connectivity index is 2.47. The van der Waals surface area contributed by atoms with E-state index in [1.165, 1.54) is 0 Å². The zero-order chi connectivity index (χ0) is 12.1. The third-order valence-electron chi connectivity index (χ3n) is 2.35. The van der Waals surface area contributed by atoms with E-state index >= 15 is 0 Å². The van der Waals surface area contributed by atoms with E-state index in [1.54, 1.807) is 11.8 Å². The summed E-state index contributed by atoms with van der Waals surface area (Å²) >= 11 is 1.64. The van der Waals surface area contributed by atoms with Crippen molar-refractivity contribution in [1.29, 1.82) is 0 Å². The molecule has 0 spiro atoms. The molecule has 1 fully saturated rings. The quantitative estimate of drug-likeness (QED) is 0.649. The van der Waals surface area contributed by atoms with Crippen molar-refractivity contribution in [2.75, 3.05) is 11.6 Å². The molecule has 1 heterocycles. The zero-order valence-corrected chi connectivity index (χ0v) is 10.3. The summed E-state index contributed by atoms with van der Waals surface area (Å²) in [4.78, 5) is 22.6. The van der Waals surface area contributed by atoms with Gasteiger partial charge in [-0.3, -0.25) is 10.1 Å². The van der Waals surface area contributed by atoms with Crippen molar-refractivity contribution in [3.05, 3.63) is 0 Å². The SMILES string of the molecule is CC(C)CC(NC(=O)C1CSCN1)C(=O)O. The number of nitrogens with one attached hydrogen (secondary N) is 2. The number of carbonyl (C=O) groups is 2. The third-order valence-corrected chi connectivity index (χ3v) is 3.29. The van der Waals surface area contributed by atoms with Gasteiger partial charge in [-0.05, 0) is 12.3 Å². The van der Waals surface area contributed by atoms with Crippen LogP contribution in [0.25, 0.3) is 0 Å². The van der Waals surface area contributed by atoms with Crippen molar-refractivity contribution in [2.24, 2.45) is 5.92 Å². The van der Waals surface area contributed by atoms with Crippen LogP contribution in [0.4, 0.5) is 0 Å². The minimum atomic E-state index is -0.965. The average Bonchev–Trinajstić information content (AvgIpc) is 2.68. The molecule has 3 N–H and O–H groups in total. The smallest absolute Gasteiger partial charge is 0.326 e. The first-order valence-corrected chi connectivity index (χ1v) is 6.50. The number of carboxylic acids is 1. The number of aliphatic carboxylic acids is 1. The number of hydrogen-bond acceptors (Lipinski definition) is 4. The maximum absolute atomic E-state index is 11.7. The highest BCUT2D eigenvalue weighted by Crippen LogP contribution is 2.11. The number of thioether (sulfide) groups is 1. The minimum Gasteiger partial charge on any atom is -0.480 e. The first kappa shape index (κ1) is 13.3. The van der Waals surface area contributed by atoms with Gasteiger partial charge in [-0.2, -0.15) is 0 Å². The fraction of sp³-hybridized carbons (Fsp3) is 0.800. The van der Waals surface area contributed by atoms with E-state index in [4.69, 9.17) is 5.11 Å². The van der Waals surface area contributed by atoms with Gasteiger partial charge in [0.2, 0.25) is 5.91 Å². The first-order chi connectivity index (χ1) is 7.50. The van der Waals surface area contributed by atoms with Crippen LogP contribution in [-0.2, 0) is 9.59 Å². The highest BCUT2D eigenvalue weighted by Gasteiger charge is 2.27. The van der Waals surface area contributed by atoms with E-state index < -0.39 is 12.0 Å². The molecule has 5 nitrogen and oxygen atoms in total. The average molecular weight is 246 g/mol. The number of rotatable bonds is 5. The normalized spacial score (nSPS) is 22.1. The van der Waals surface area contributed by atoms with Gasteiger partial charge in [-0.25, -0.2) is 4.79 Å². The lowest BCUT2D eigenvalue weighted by atomic mass is 10.0. The Labute approximate surface area is 99.4 Å². The molecule has 1 rings (SSSR count). The molecule has 1 aliphatic rings. The molecule has 16 heavy (non-hydrogen) atoms. The highest BCUT2D eigenvalue weighted by atomic mass is 32.2. The van der Waals surface area contributed by atoms with Gasteiger partial charge in [-0.15, -0.1) is 11.8 Å². The lowest BCUT2D eigenvalue weighted by Gasteiger charge is -2.18. The number of amides is 1. The Morgan fingerprint density at radius 2 is 2.25 bits per heavy atom. The summed E-state index contributed by atoms with van der Waals surface area (Å²) in [5.41, 5.74) is 0. The summed E-state index contributed by atoms with van der Waals surface area (Å²) in [7, 11) is 0. The predicted octanol–water partition coefficient (Wildman–Crippen LogP) is 0.264. The van der Waals surface area contributed by atoms with Crippen molar-refractivity contribution in [3.8, 4) is 0 Å². The fourth-order valence-electron chi connectivity index (χ4n) is 1.53. The molecule has 2 unspecified atom stereocenters. The molecule has 0 aromatic heterocycles. The molecule has 6 heteroatoms. The van der Waals surface area contributed by atoms with Crippen molar-refractivity contribution in [2.45, 2.75) is 32.4 Å². The fourth-order valence-corrected chi connectivity index (χ4v) is 2.47. The molecule has 1 aliphatic heterocycles. The van der Waals surface area contributed by atoms with Crippen molar-refractivity contribution < 1.29 is 14.7 Å². The van der Waals surface area contributed by atoms with Gasteiger partial charge < -0.3 is 10.4 Å². The maximum atomic E-state index is 11.7. The van der Waals surface area contributed by atoms with E-state index in [-0.39, 0.29) is 17.9 Å². The lowest BCUT2D eigenvalue weighted by molar-refractivity contribution is -0.142. The Hall–Kier alpha value is -0.750. The Kier molecular flexibility index (Phi) is 5.08. The van der Waals surface area contributed by atoms with Crippen LogP contribution in [0.5, 0.6) is 0 Å². The van der Waals surface area contributed by atoms with Gasteiger partial charge >= 0.3 is 5.97 Å². The number of carbonyl (C=O) groups excluding carboxylic acids is 1. The Morgan fingerprint density at radius 1 is 1.56 bits per heavy atom. The zero-order valence-electron chi connectivity index (χ0n) is 9.53. The maximum Gasteiger partial charge on any atom is 0.326 e. The van der Waals surface area contributed by atoms with Gasteiger partial charge in [0.05, 0.1) is 6.04 Å². The minimum absolute atomic E-state index is 0.210. The third kappa shape index (κ3) is 4.02. The number of hydrogen-bond donors (Lipinski definition) is 3. The molecule has 0 aromatic rings. The highest BCUT2D eigenvalue weighted by molar-refractivity contribution is 7.99. The van der Waals surface area contributed by atoms with Gasteiger partial charge in [0.15, 0.2) is 0 Å². The molecule has 2 atom stereocenters. The second-order valence-electron chi connectivity index (χ2n) is 4.30. The van der Waals surface area contributed by atoms with Crippen LogP contribution in [0, 0.1) is 5.92 Å². The largest absolute Gasteiger partial charge is 0.480 e. The van der Waals surface area contributed by atoms with Gasteiger partial charge in [-0.1, -0.05) is 13.8 Å². The second-order valence-corrected chi connectivity index (χ2v) is 5.33. The Morgan fingerprint density at radius 3 is 2.69 bits per heavy atom. The van der Waals surface area contributed by atoms with Crippen molar-refractivity contribution in [1.82, 2.24) is 10.6 Å². The summed E-state index contributed by atoms with van der Waals surface area (Å²) in [6.07, 6.45) is 0.459. The molecule has 1 saturated heterocycles. The molecule has 0 aliphatic carbocycles.